The van der Waals surface area contributed by atoms with E-state index in [1.54, 1.807) is 11.3 Å². The van der Waals surface area contributed by atoms with Crippen LogP contribution < -0.4 is 5.73 Å². The zero-order valence-electron chi connectivity index (χ0n) is 10.5. The number of hydrogen-bond donors (Lipinski definition) is 1. The van der Waals surface area contributed by atoms with E-state index in [1.807, 2.05) is 6.07 Å². The van der Waals surface area contributed by atoms with Gasteiger partial charge in [-0.05, 0) is 46.4 Å². The first kappa shape index (κ1) is 13.7. The van der Waals surface area contributed by atoms with Crippen LogP contribution in [-0.2, 0) is 12.8 Å². The first-order chi connectivity index (χ1) is 8.56. The van der Waals surface area contributed by atoms with E-state index in [9.17, 15) is 0 Å². The van der Waals surface area contributed by atoms with Gasteiger partial charge in [0.25, 0.3) is 0 Å². The number of rotatable bonds is 4. The van der Waals surface area contributed by atoms with E-state index < -0.39 is 0 Å². The van der Waals surface area contributed by atoms with Gasteiger partial charge in [-0.2, -0.15) is 0 Å². The van der Waals surface area contributed by atoms with Gasteiger partial charge in [-0.1, -0.05) is 19.9 Å². The van der Waals surface area contributed by atoms with Gasteiger partial charge in [0.1, 0.15) is 11.6 Å². The minimum Gasteiger partial charge on any atom is -0.383 e. The summed E-state index contributed by atoms with van der Waals surface area (Å²) in [4.78, 5) is 10.3. The van der Waals surface area contributed by atoms with Crippen LogP contribution in [0.4, 0.5) is 5.82 Å². The van der Waals surface area contributed by atoms with Gasteiger partial charge >= 0.3 is 0 Å². The minimum absolute atomic E-state index is 0.572. The molecular formula is C13H16IN3S. The van der Waals surface area contributed by atoms with Gasteiger partial charge in [0, 0.05) is 11.3 Å². The fourth-order valence-electron chi connectivity index (χ4n) is 1.74. The molecule has 0 unspecified atom stereocenters. The maximum Gasteiger partial charge on any atom is 0.140 e. The van der Waals surface area contributed by atoms with E-state index in [4.69, 9.17) is 5.73 Å². The Morgan fingerprint density at radius 2 is 2.17 bits per heavy atom. The maximum atomic E-state index is 5.97. The molecule has 2 heterocycles. The lowest BCUT2D eigenvalue weighted by molar-refractivity contribution is 0.629. The molecule has 0 aliphatic heterocycles. The molecule has 0 saturated heterocycles. The molecule has 5 heteroatoms. The number of hydrogen-bond acceptors (Lipinski definition) is 4. The molecule has 0 saturated carbocycles. The van der Waals surface area contributed by atoms with E-state index in [1.165, 1.54) is 4.88 Å². The van der Waals surface area contributed by atoms with E-state index in [2.05, 4.69) is 57.9 Å². The highest BCUT2D eigenvalue weighted by Gasteiger charge is 2.12. The molecule has 0 atom stereocenters. The molecule has 0 bridgehead atoms. The zero-order chi connectivity index (χ0) is 13.1. The van der Waals surface area contributed by atoms with Crippen LogP contribution in [0.15, 0.2) is 17.5 Å². The lowest BCUT2D eigenvalue weighted by Gasteiger charge is -2.10. The Morgan fingerprint density at radius 1 is 1.39 bits per heavy atom. The van der Waals surface area contributed by atoms with Crippen LogP contribution in [0.5, 0.6) is 0 Å². The number of nitrogen functional groups attached to an aromatic ring is 1. The summed E-state index contributed by atoms with van der Waals surface area (Å²) in [6.45, 7) is 4.38. The summed E-state index contributed by atoms with van der Waals surface area (Å²) in [7, 11) is 0. The van der Waals surface area contributed by atoms with Crippen molar-refractivity contribution in [2.24, 2.45) is 5.92 Å². The van der Waals surface area contributed by atoms with Crippen molar-refractivity contribution in [3.05, 3.63) is 37.5 Å². The van der Waals surface area contributed by atoms with E-state index in [0.717, 1.165) is 27.9 Å². The summed E-state index contributed by atoms with van der Waals surface area (Å²) < 4.78 is 0.997. The fourth-order valence-corrected chi connectivity index (χ4v) is 2.90. The normalized spacial score (nSPS) is 11.1. The van der Waals surface area contributed by atoms with Gasteiger partial charge in [-0.15, -0.1) is 11.3 Å². The molecule has 3 nitrogen and oxygen atoms in total. The molecule has 96 valence electrons. The summed E-state index contributed by atoms with van der Waals surface area (Å²) in [6, 6.07) is 4.15. The third-order valence-corrected chi connectivity index (χ3v) is 4.56. The van der Waals surface area contributed by atoms with Crippen LogP contribution in [0.25, 0.3) is 0 Å². The predicted octanol–water partition coefficient (Wildman–Crippen LogP) is 3.51. The van der Waals surface area contributed by atoms with Gasteiger partial charge in [0.05, 0.1) is 9.26 Å². The predicted molar refractivity (Wildman–Crippen MR) is 84.8 cm³/mol. The van der Waals surface area contributed by atoms with Crippen molar-refractivity contribution in [1.82, 2.24) is 9.97 Å². The average molecular weight is 373 g/mol. The lowest BCUT2D eigenvalue weighted by atomic mass is 10.1. The second-order valence-electron chi connectivity index (χ2n) is 4.64. The van der Waals surface area contributed by atoms with Crippen molar-refractivity contribution >= 4 is 39.7 Å². The molecule has 0 radical (unpaired) electrons. The fraction of sp³-hybridized carbons (Fsp3) is 0.385. The highest BCUT2D eigenvalue weighted by molar-refractivity contribution is 14.1. The van der Waals surface area contributed by atoms with Crippen LogP contribution in [0, 0.1) is 9.49 Å². The molecular weight excluding hydrogens is 357 g/mol. The smallest absolute Gasteiger partial charge is 0.140 e. The largest absolute Gasteiger partial charge is 0.383 e. The summed E-state index contributed by atoms with van der Waals surface area (Å²) in [5, 5.41) is 2.07. The van der Waals surface area contributed by atoms with Gasteiger partial charge in [-0.25, -0.2) is 9.97 Å². The maximum absolute atomic E-state index is 5.97. The summed E-state index contributed by atoms with van der Waals surface area (Å²) in [5.74, 6) is 2.00. The number of aromatic nitrogens is 2. The van der Waals surface area contributed by atoms with Gasteiger partial charge in [-0.3, -0.25) is 0 Å². The number of thiophene rings is 1. The summed E-state index contributed by atoms with van der Waals surface area (Å²) in [6.07, 6.45) is 1.71. The molecule has 0 aliphatic rings. The minimum atomic E-state index is 0.572. The van der Waals surface area contributed by atoms with E-state index in [-0.39, 0.29) is 0 Å². The standard InChI is InChI=1S/C13H16IN3S/c1-8(2)6-10-12(14)13(15)17-11(16-10)7-9-4-3-5-18-9/h3-5,8H,6-7H2,1-2H3,(H2,15,16,17). The Labute approximate surface area is 125 Å². The van der Waals surface area contributed by atoms with Gasteiger partial charge < -0.3 is 5.73 Å². The van der Waals surface area contributed by atoms with Crippen molar-refractivity contribution in [2.45, 2.75) is 26.7 Å². The van der Waals surface area contributed by atoms with Crippen molar-refractivity contribution in [3.63, 3.8) is 0 Å². The highest BCUT2D eigenvalue weighted by Crippen LogP contribution is 2.21. The molecule has 0 fully saturated rings. The number of anilines is 1. The molecule has 2 rings (SSSR count). The van der Waals surface area contributed by atoms with Gasteiger partial charge in [0.2, 0.25) is 0 Å². The number of halogens is 1. The first-order valence-corrected chi connectivity index (χ1v) is 7.85. The van der Waals surface area contributed by atoms with Crippen LogP contribution in [-0.4, -0.2) is 9.97 Å². The highest BCUT2D eigenvalue weighted by atomic mass is 127. The van der Waals surface area contributed by atoms with Crippen molar-refractivity contribution in [3.8, 4) is 0 Å². The SMILES string of the molecule is CC(C)Cc1nc(Cc2cccs2)nc(N)c1I. The average Bonchev–Trinajstić information content (AvgIpc) is 2.77. The molecule has 0 aromatic carbocycles. The molecule has 0 aliphatic carbocycles. The third kappa shape index (κ3) is 3.41. The Kier molecular flexibility index (Phi) is 4.55. The Bertz CT molecular complexity index is 523. The molecule has 18 heavy (non-hydrogen) atoms. The van der Waals surface area contributed by atoms with Crippen LogP contribution in [0.3, 0.4) is 0 Å². The molecule has 2 aromatic heterocycles. The second-order valence-corrected chi connectivity index (χ2v) is 6.75. The second kappa shape index (κ2) is 5.97. The van der Waals surface area contributed by atoms with E-state index >= 15 is 0 Å². The summed E-state index contributed by atoms with van der Waals surface area (Å²) in [5.41, 5.74) is 7.04. The van der Waals surface area contributed by atoms with Crippen molar-refractivity contribution in [1.29, 1.82) is 0 Å². The zero-order valence-corrected chi connectivity index (χ0v) is 13.5. The first-order valence-electron chi connectivity index (χ1n) is 5.89. The lowest BCUT2D eigenvalue weighted by Crippen LogP contribution is -2.09. The number of nitrogens with two attached hydrogens (primary N) is 1. The Hall–Kier alpha value is -0.690. The van der Waals surface area contributed by atoms with Crippen molar-refractivity contribution < 1.29 is 0 Å². The summed E-state index contributed by atoms with van der Waals surface area (Å²) >= 11 is 3.96. The van der Waals surface area contributed by atoms with Gasteiger partial charge in [0.15, 0.2) is 0 Å². The molecule has 2 aromatic rings. The molecule has 2 N–H and O–H groups in total. The Morgan fingerprint density at radius 3 is 2.78 bits per heavy atom. The van der Waals surface area contributed by atoms with Crippen LogP contribution >= 0.6 is 33.9 Å². The van der Waals surface area contributed by atoms with Crippen molar-refractivity contribution in [2.75, 3.05) is 5.73 Å². The Balaban J connectivity index is 2.28. The quantitative estimate of drug-likeness (QED) is 0.835. The monoisotopic (exact) mass is 373 g/mol. The topological polar surface area (TPSA) is 51.8 Å². The van der Waals surface area contributed by atoms with Crippen LogP contribution in [0.2, 0.25) is 0 Å². The molecule has 0 spiro atoms. The third-order valence-electron chi connectivity index (χ3n) is 2.51. The van der Waals surface area contributed by atoms with E-state index in [0.29, 0.717) is 11.7 Å². The molecule has 0 amide bonds. The van der Waals surface area contributed by atoms with Crippen LogP contribution in [0.1, 0.15) is 30.2 Å². The number of nitrogens with zero attached hydrogens (tertiary/aromatic N) is 2.